The summed E-state index contributed by atoms with van der Waals surface area (Å²) >= 11 is 1.81. The number of rotatable bonds is 5. The largest absolute Gasteiger partial charge is 0.468 e. The van der Waals surface area contributed by atoms with E-state index in [9.17, 15) is 9.59 Å². The highest BCUT2D eigenvalue weighted by Crippen LogP contribution is 2.23. The van der Waals surface area contributed by atoms with Crippen LogP contribution in [0.3, 0.4) is 0 Å². The van der Waals surface area contributed by atoms with Crippen LogP contribution in [0.5, 0.6) is 0 Å². The molecule has 1 atom stereocenters. The Morgan fingerprint density at radius 3 is 2.54 bits per heavy atom. The number of Topliss-reactive ketones (excluding diaryl/α,β-unsaturated/α-hetero) is 1. The van der Waals surface area contributed by atoms with Gasteiger partial charge >= 0.3 is 5.97 Å². The van der Waals surface area contributed by atoms with E-state index in [0.717, 1.165) is 0 Å². The average Bonchev–Trinajstić information content (AvgIpc) is 2.12. The standard InChI is InChI=1S/C9H13IO3/c1-4-5-6-7(11)9(2,10)8(12)13-3/h4H,1,5-6H2,2-3H3. The number of carbonyl (C=O) groups excluding carboxylic acids is 2. The summed E-state index contributed by atoms with van der Waals surface area (Å²) in [6, 6.07) is 0. The lowest BCUT2D eigenvalue weighted by atomic mass is 10.0. The van der Waals surface area contributed by atoms with Crippen molar-refractivity contribution in [3.63, 3.8) is 0 Å². The molecule has 0 aromatic carbocycles. The van der Waals surface area contributed by atoms with Gasteiger partial charge in [-0.3, -0.25) is 9.59 Å². The molecule has 3 nitrogen and oxygen atoms in total. The van der Waals surface area contributed by atoms with Crippen molar-refractivity contribution in [1.82, 2.24) is 0 Å². The summed E-state index contributed by atoms with van der Waals surface area (Å²) in [5, 5.41) is 0. The monoisotopic (exact) mass is 296 g/mol. The number of allylic oxidation sites excluding steroid dienone is 1. The lowest BCUT2D eigenvalue weighted by Crippen LogP contribution is -2.38. The molecule has 0 heterocycles. The van der Waals surface area contributed by atoms with Crippen LogP contribution in [0.25, 0.3) is 0 Å². The smallest absolute Gasteiger partial charge is 0.329 e. The molecule has 13 heavy (non-hydrogen) atoms. The van der Waals surface area contributed by atoms with Crippen molar-refractivity contribution >= 4 is 34.3 Å². The van der Waals surface area contributed by atoms with Gasteiger partial charge in [0.2, 0.25) is 0 Å². The highest BCUT2D eigenvalue weighted by Gasteiger charge is 2.38. The van der Waals surface area contributed by atoms with E-state index in [-0.39, 0.29) is 5.78 Å². The second-order valence-electron chi connectivity index (χ2n) is 2.75. The third kappa shape index (κ3) is 3.46. The number of ketones is 1. The van der Waals surface area contributed by atoms with Crippen molar-refractivity contribution in [1.29, 1.82) is 0 Å². The summed E-state index contributed by atoms with van der Waals surface area (Å²) in [6.45, 7) is 5.07. The van der Waals surface area contributed by atoms with E-state index in [1.807, 2.05) is 22.6 Å². The first-order valence-corrected chi connectivity index (χ1v) is 4.96. The van der Waals surface area contributed by atoms with Crippen LogP contribution in [0.4, 0.5) is 0 Å². The van der Waals surface area contributed by atoms with E-state index in [0.29, 0.717) is 12.8 Å². The fraction of sp³-hybridized carbons (Fsp3) is 0.556. The number of carbonyl (C=O) groups is 2. The van der Waals surface area contributed by atoms with Crippen LogP contribution >= 0.6 is 22.6 Å². The van der Waals surface area contributed by atoms with Crippen LogP contribution in [0.1, 0.15) is 19.8 Å². The number of methoxy groups -OCH3 is 1. The zero-order valence-electron chi connectivity index (χ0n) is 7.80. The first-order chi connectivity index (χ1) is 5.96. The van der Waals surface area contributed by atoms with E-state index < -0.39 is 9.39 Å². The summed E-state index contributed by atoms with van der Waals surface area (Å²) < 4.78 is 3.46. The molecule has 0 radical (unpaired) electrons. The normalized spacial score (nSPS) is 14.4. The lowest BCUT2D eigenvalue weighted by molar-refractivity contribution is -0.145. The van der Waals surface area contributed by atoms with E-state index in [4.69, 9.17) is 0 Å². The van der Waals surface area contributed by atoms with Gasteiger partial charge in [-0.15, -0.1) is 6.58 Å². The molecule has 0 aliphatic rings. The molecule has 0 rings (SSSR count). The van der Waals surface area contributed by atoms with Crippen molar-refractivity contribution in [2.45, 2.75) is 23.2 Å². The Morgan fingerprint density at radius 2 is 2.15 bits per heavy atom. The number of alkyl halides is 1. The molecule has 0 spiro atoms. The summed E-state index contributed by atoms with van der Waals surface area (Å²) in [7, 11) is 1.28. The van der Waals surface area contributed by atoms with Crippen molar-refractivity contribution in [3.8, 4) is 0 Å². The van der Waals surface area contributed by atoms with Crippen LogP contribution in [-0.2, 0) is 14.3 Å². The van der Waals surface area contributed by atoms with Crippen LogP contribution in [0.2, 0.25) is 0 Å². The summed E-state index contributed by atoms with van der Waals surface area (Å²) in [5.74, 6) is -0.623. The summed E-state index contributed by atoms with van der Waals surface area (Å²) in [6.07, 6.45) is 2.58. The SMILES string of the molecule is C=CCCC(=O)C(C)(I)C(=O)OC. The molecule has 74 valence electrons. The van der Waals surface area contributed by atoms with E-state index in [1.165, 1.54) is 7.11 Å². The van der Waals surface area contributed by atoms with Crippen molar-refractivity contribution < 1.29 is 14.3 Å². The van der Waals surface area contributed by atoms with Crippen molar-refractivity contribution in [2.24, 2.45) is 0 Å². The Kier molecular flexibility index (Phi) is 5.20. The highest BCUT2D eigenvalue weighted by atomic mass is 127. The molecule has 0 saturated heterocycles. The van der Waals surface area contributed by atoms with Gasteiger partial charge in [-0.05, 0) is 13.3 Å². The van der Waals surface area contributed by atoms with Gasteiger partial charge in [0, 0.05) is 6.42 Å². The second kappa shape index (κ2) is 5.36. The number of halogens is 1. The number of hydrogen-bond donors (Lipinski definition) is 0. The van der Waals surface area contributed by atoms with E-state index in [1.54, 1.807) is 13.0 Å². The molecular weight excluding hydrogens is 283 g/mol. The molecule has 0 saturated carbocycles. The third-order valence-electron chi connectivity index (χ3n) is 1.67. The van der Waals surface area contributed by atoms with Gasteiger partial charge in [0.15, 0.2) is 9.20 Å². The first kappa shape index (κ1) is 12.6. The maximum atomic E-state index is 11.5. The zero-order valence-corrected chi connectivity index (χ0v) is 9.96. The molecule has 0 bridgehead atoms. The van der Waals surface area contributed by atoms with Gasteiger partial charge in [0.25, 0.3) is 0 Å². The van der Waals surface area contributed by atoms with Gasteiger partial charge in [0.1, 0.15) is 0 Å². The minimum absolute atomic E-state index is 0.125. The molecule has 0 aliphatic carbocycles. The minimum atomic E-state index is -1.06. The molecule has 0 N–H and O–H groups in total. The second-order valence-corrected chi connectivity index (χ2v) is 4.90. The Labute approximate surface area is 91.7 Å². The van der Waals surface area contributed by atoms with Crippen LogP contribution in [0, 0.1) is 0 Å². The molecule has 0 aromatic rings. The highest BCUT2D eigenvalue weighted by molar-refractivity contribution is 14.1. The fourth-order valence-electron chi connectivity index (χ4n) is 0.773. The Morgan fingerprint density at radius 1 is 1.62 bits per heavy atom. The Bertz CT molecular complexity index is 221. The summed E-state index contributed by atoms with van der Waals surface area (Å²) in [4.78, 5) is 22.6. The van der Waals surface area contributed by atoms with Crippen molar-refractivity contribution in [3.05, 3.63) is 12.7 Å². The maximum absolute atomic E-state index is 11.5. The number of hydrogen-bond acceptors (Lipinski definition) is 3. The van der Waals surface area contributed by atoms with E-state index >= 15 is 0 Å². The molecule has 0 amide bonds. The average molecular weight is 296 g/mol. The van der Waals surface area contributed by atoms with Crippen LogP contribution in [0.15, 0.2) is 12.7 Å². The number of esters is 1. The zero-order chi connectivity index (χ0) is 10.5. The fourth-order valence-corrected chi connectivity index (χ4v) is 1.26. The van der Waals surface area contributed by atoms with Crippen molar-refractivity contribution in [2.75, 3.05) is 7.11 Å². The van der Waals surface area contributed by atoms with Gasteiger partial charge < -0.3 is 4.74 Å². The van der Waals surface area contributed by atoms with E-state index in [2.05, 4.69) is 11.3 Å². The number of ether oxygens (including phenoxy) is 1. The molecule has 0 aliphatic heterocycles. The molecule has 1 unspecified atom stereocenters. The van der Waals surface area contributed by atoms with Crippen LogP contribution in [-0.4, -0.2) is 22.3 Å². The predicted molar refractivity (Wildman–Crippen MR) is 58.9 cm³/mol. The minimum Gasteiger partial charge on any atom is -0.468 e. The molecular formula is C9H13IO3. The Hall–Kier alpha value is -0.390. The third-order valence-corrected chi connectivity index (χ3v) is 2.71. The molecule has 4 heteroatoms. The van der Waals surface area contributed by atoms with Gasteiger partial charge in [-0.1, -0.05) is 28.7 Å². The van der Waals surface area contributed by atoms with Gasteiger partial charge in [0.05, 0.1) is 7.11 Å². The molecule has 0 aromatic heterocycles. The van der Waals surface area contributed by atoms with Crippen LogP contribution < -0.4 is 0 Å². The first-order valence-electron chi connectivity index (χ1n) is 3.88. The Balaban J connectivity index is 4.35. The quantitative estimate of drug-likeness (QED) is 0.256. The predicted octanol–water partition coefficient (Wildman–Crippen LogP) is 1.89. The maximum Gasteiger partial charge on any atom is 0.329 e. The lowest BCUT2D eigenvalue weighted by Gasteiger charge is -2.17. The van der Waals surface area contributed by atoms with Gasteiger partial charge in [-0.25, -0.2) is 0 Å². The molecule has 0 fully saturated rings. The van der Waals surface area contributed by atoms with Gasteiger partial charge in [-0.2, -0.15) is 0 Å². The summed E-state index contributed by atoms with van der Waals surface area (Å²) in [5.41, 5.74) is 0. The topological polar surface area (TPSA) is 43.4 Å².